The van der Waals surface area contributed by atoms with Crippen LogP contribution in [0.2, 0.25) is 4.34 Å². The van der Waals surface area contributed by atoms with Crippen molar-refractivity contribution < 1.29 is 13.5 Å². The van der Waals surface area contributed by atoms with Crippen LogP contribution in [0.25, 0.3) is 0 Å². The first kappa shape index (κ1) is 15.7. The molecular formula is C13H16ClNO3S2. The Balaban J connectivity index is 2.36. The van der Waals surface area contributed by atoms with Gasteiger partial charge in [0.2, 0.25) is 0 Å². The smallest absolute Gasteiger partial charge is 0.250 e. The highest BCUT2D eigenvalue weighted by Crippen LogP contribution is 2.32. The van der Waals surface area contributed by atoms with Crippen LogP contribution in [0, 0.1) is 5.92 Å². The van der Waals surface area contributed by atoms with E-state index in [-0.39, 0.29) is 16.7 Å². The standard InChI is InChI=1S/C13H16ClNO3S2/c1-9-4-3-7-13(8-16,10(9)2)15-20(17,18)12-6-5-11(14)19-12/h3-7,10,15-16H,8H2,1-2H3. The average molecular weight is 334 g/mol. The van der Waals surface area contributed by atoms with E-state index in [4.69, 9.17) is 11.6 Å². The summed E-state index contributed by atoms with van der Waals surface area (Å²) in [4.78, 5) is 0. The third kappa shape index (κ3) is 2.84. The zero-order valence-electron chi connectivity index (χ0n) is 11.1. The van der Waals surface area contributed by atoms with E-state index in [0.717, 1.165) is 16.9 Å². The number of sulfonamides is 1. The summed E-state index contributed by atoms with van der Waals surface area (Å²) in [6.45, 7) is 3.48. The number of allylic oxidation sites excluding steroid dienone is 2. The van der Waals surface area contributed by atoms with Gasteiger partial charge < -0.3 is 5.11 Å². The summed E-state index contributed by atoms with van der Waals surface area (Å²) in [6, 6.07) is 3.00. The molecule has 0 aromatic carbocycles. The molecule has 2 atom stereocenters. The zero-order chi connectivity index (χ0) is 15.0. The van der Waals surface area contributed by atoms with Crippen LogP contribution in [0.1, 0.15) is 13.8 Å². The minimum Gasteiger partial charge on any atom is -0.394 e. The van der Waals surface area contributed by atoms with Crippen molar-refractivity contribution in [3.63, 3.8) is 0 Å². The lowest BCUT2D eigenvalue weighted by atomic mass is 9.79. The predicted molar refractivity (Wildman–Crippen MR) is 81.5 cm³/mol. The Morgan fingerprint density at radius 3 is 2.75 bits per heavy atom. The van der Waals surface area contributed by atoms with Crippen molar-refractivity contribution in [2.24, 2.45) is 5.92 Å². The number of halogens is 1. The Morgan fingerprint density at radius 1 is 1.50 bits per heavy atom. The number of aliphatic hydroxyl groups excluding tert-OH is 1. The van der Waals surface area contributed by atoms with E-state index < -0.39 is 15.6 Å². The molecule has 0 bridgehead atoms. The predicted octanol–water partition coefficient (Wildman–Crippen LogP) is 2.56. The molecule has 2 unspecified atom stereocenters. The Hall–Kier alpha value is -0.660. The number of aliphatic hydroxyl groups is 1. The van der Waals surface area contributed by atoms with Crippen LogP contribution in [0.15, 0.2) is 40.1 Å². The average Bonchev–Trinajstić information content (AvgIpc) is 2.82. The SMILES string of the molecule is CC1=CC=CC(CO)(NS(=O)(=O)c2ccc(Cl)s2)C1C. The normalized spacial score (nSPS) is 26.6. The van der Waals surface area contributed by atoms with Gasteiger partial charge in [-0.15, -0.1) is 11.3 Å². The maximum absolute atomic E-state index is 12.4. The maximum Gasteiger partial charge on any atom is 0.250 e. The summed E-state index contributed by atoms with van der Waals surface area (Å²) in [7, 11) is -3.72. The fourth-order valence-electron chi connectivity index (χ4n) is 2.15. The summed E-state index contributed by atoms with van der Waals surface area (Å²) in [5.41, 5.74) is -0.0119. The number of rotatable bonds is 4. The summed E-state index contributed by atoms with van der Waals surface area (Å²) >= 11 is 6.77. The van der Waals surface area contributed by atoms with Crippen molar-refractivity contribution in [2.75, 3.05) is 6.61 Å². The highest BCUT2D eigenvalue weighted by atomic mass is 35.5. The first-order valence-electron chi connectivity index (χ1n) is 6.07. The third-order valence-corrected chi connectivity index (χ3v) is 6.86. The van der Waals surface area contributed by atoms with Crippen molar-refractivity contribution in [3.8, 4) is 0 Å². The lowest BCUT2D eigenvalue weighted by Crippen LogP contribution is -2.55. The molecule has 0 fully saturated rings. The van der Waals surface area contributed by atoms with Gasteiger partial charge in [-0.1, -0.05) is 42.3 Å². The van der Waals surface area contributed by atoms with E-state index >= 15 is 0 Å². The molecule has 2 rings (SSSR count). The molecule has 1 aromatic heterocycles. The van der Waals surface area contributed by atoms with Gasteiger partial charge in [-0.25, -0.2) is 8.42 Å². The zero-order valence-corrected chi connectivity index (χ0v) is 13.5. The number of hydrogen-bond acceptors (Lipinski definition) is 4. The second-order valence-corrected chi connectivity index (χ2v) is 8.48. The monoisotopic (exact) mass is 333 g/mol. The van der Waals surface area contributed by atoms with Gasteiger partial charge in [0.15, 0.2) is 0 Å². The summed E-state index contributed by atoms with van der Waals surface area (Å²) in [6.07, 6.45) is 5.36. The molecular weight excluding hydrogens is 318 g/mol. The first-order chi connectivity index (χ1) is 9.31. The number of nitrogens with one attached hydrogen (secondary N) is 1. The van der Waals surface area contributed by atoms with Crippen LogP contribution in [0.5, 0.6) is 0 Å². The van der Waals surface area contributed by atoms with Gasteiger partial charge in [-0.05, 0) is 19.1 Å². The maximum atomic E-state index is 12.4. The Kier molecular flexibility index (Phi) is 4.41. The van der Waals surface area contributed by atoms with Crippen LogP contribution < -0.4 is 4.72 Å². The minimum atomic E-state index is -3.72. The molecule has 4 nitrogen and oxygen atoms in total. The topological polar surface area (TPSA) is 66.4 Å². The highest BCUT2D eigenvalue weighted by Gasteiger charge is 2.39. The molecule has 0 saturated heterocycles. The molecule has 1 aliphatic carbocycles. The minimum absolute atomic E-state index is 0.136. The first-order valence-corrected chi connectivity index (χ1v) is 8.75. The fourth-order valence-corrected chi connectivity index (χ4v) is 5.06. The lowest BCUT2D eigenvalue weighted by Gasteiger charge is -2.37. The molecule has 2 N–H and O–H groups in total. The van der Waals surface area contributed by atoms with Gasteiger partial charge in [0.05, 0.1) is 16.5 Å². The molecule has 0 spiro atoms. The molecule has 7 heteroatoms. The van der Waals surface area contributed by atoms with Crippen molar-refractivity contribution in [1.29, 1.82) is 0 Å². The third-order valence-electron chi connectivity index (χ3n) is 3.61. The summed E-state index contributed by atoms with van der Waals surface area (Å²) < 4.78 is 28.0. The van der Waals surface area contributed by atoms with Crippen LogP contribution in [0.4, 0.5) is 0 Å². The molecule has 1 aliphatic rings. The Bertz CT molecular complexity index is 663. The van der Waals surface area contributed by atoms with Crippen LogP contribution in [-0.4, -0.2) is 25.7 Å². The second-order valence-electron chi connectivity index (χ2n) is 4.85. The summed E-state index contributed by atoms with van der Waals surface area (Å²) in [5, 5.41) is 9.72. The molecule has 0 radical (unpaired) electrons. The Morgan fingerprint density at radius 2 is 2.20 bits per heavy atom. The van der Waals surface area contributed by atoms with Crippen molar-refractivity contribution in [2.45, 2.75) is 23.6 Å². The van der Waals surface area contributed by atoms with E-state index in [9.17, 15) is 13.5 Å². The lowest BCUT2D eigenvalue weighted by molar-refractivity contribution is 0.181. The van der Waals surface area contributed by atoms with Crippen LogP contribution in [0.3, 0.4) is 0 Å². The van der Waals surface area contributed by atoms with Gasteiger partial charge in [0.1, 0.15) is 4.21 Å². The number of thiophene rings is 1. The van der Waals surface area contributed by atoms with Crippen molar-refractivity contribution in [3.05, 3.63) is 40.3 Å². The largest absolute Gasteiger partial charge is 0.394 e. The fraction of sp³-hybridized carbons (Fsp3) is 0.385. The van der Waals surface area contributed by atoms with Crippen molar-refractivity contribution >= 4 is 33.0 Å². The highest BCUT2D eigenvalue weighted by molar-refractivity contribution is 7.91. The Labute approximate surface area is 127 Å². The van der Waals surface area contributed by atoms with E-state index in [1.165, 1.54) is 12.1 Å². The van der Waals surface area contributed by atoms with Gasteiger partial charge in [0, 0.05) is 5.92 Å². The van der Waals surface area contributed by atoms with Crippen molar-refractivity contribution in [1.82, 2.24) is 4.72 Å². The molecule has 0 amide bonds. The van der Waals surface area contributed by atoms with Crippen LogP contribution in [-0.2, 0) is 10.0 Å². The second kappa shape index (κ2) is 5.61. The molecule has 1 aromatic rings. The molecule has 20 heavy (non-hydrogen) atoms. The van der Waals surface area contributed by atoms with Gasteiger partial charge >= 0.3 is 0 Å². The molecule has 0 aliphatic heterocycles. The quantitative estimate of drug-likeness (QED) is 0.890. The van der Waals surface area contributed by atoms with E-state index in [1.54, 1.807) is 12.2 Å². The van der Waals surface area contributed by atoms with Gasteiger partial charge in [0.25, 0.3) is 10.0 Å². The van der Waals surface area contributed by atoms with E-state index in [2.05, 4.69) is 4.72 Å². The van der Waals surface area contributed by atoms with E-state index in [0.29, 0.717) is 4.34 Å². The molecule has 0 saturated carbocycles. The van der Waals surface area contributed by atoms with Gasteiger partial charge in [-0.2, -0.15) is 4.72 Å². The van der Waals surface area contributed by atoms with Gasteiger partial charge in [-0.3, -0.25) is 0 Å². The summed E-state index contributed by atoms with van der Waals surface area (Å²) in [5.74, 6) is -0.136. The van der Waals surface area contributed by atoms with Crippen LogP contribution >= 0.6 is 22.9 Å². The molecule has 110 valence electrons. The molecule has 1 heterocycles. The number of hydrogen-bond donors (Lipinski definition) is 2. The van der Waals surface area contributed by atoms with E-state index in [1.807, 2.05) is 19.9 Å².